The van der Waals surface area contributed by atoms with E-state index in [1.807, 2.05) is 30.3 Å². The maximum Gasteiger partial charge on any atom is 0.361 e. The van der Waals surface area contributed by atoms with Gasteiger partial charge in [0.1, 0.15) is 0 Å². The number of nitrogens with one attached hydrogen (secondary N) is 1. The van der Waals surface area contributed by atoms with Gasteiger partial charge < -0.3 is 10.1 Å². The standard InChI is InChI=1S/C21H20N4O4/c1-3-19(27)22-16-11-9-15(10-12-16)18(26)13-29-21(28)20-14(2)23-25(24-20)17-7-5-4-6-8-17/h4-12H,3,13H2,1-2H3,(H,22,27). The molecule has 3 aromatic rings. The lowest BCUT2D eigenvalue weighted by Crippen LogP contribution is -2.16. The van der Waals surface area contributed by atoms with E-state index in [4.69, 9.17) is 4.74 Å². The number of aryl methyl sites for hydroxylation is 1. The van der Waals surface area contributed by atoms with E-state index in [1.165, 1.54) is 4.80 Å². The highest BCUT2D eigenvalue weighted by atomic mass is 16.5. The lowest BCUT2D eigenvalue weighted by molar-refractivity contribution is -0.115. The fourth-order valence-electron chi connectivity index (χ4n) is 2.52. The van der Waals surface area contributed by atoms with Gasteiger partial charge in [-0.3, -0.25) is 9.59 Å². The molecule has 0 aliphatic heterocycles. The predicted molar refractivity (Wildman–Crippen MR) is 106 cm³/mol. The molecule has 1 amide bonds. The molecule has 0 spiro atoms. The van der Waals surface area contributed by atoms with Gasteiger partial charge in [0, 0.05) is 17.7 Å². The van der Waals surface area contributed by atoms with Gasteiger partial charge in [-0.2, -0.15) is 9.90 Å². The first-order valence-electron chi connectivity index (χ1n) is 9.07. The Morgan fingerprint density at radius 2 is 1.69 bits per heavy atom. The highest BCUT2D eigenvalue weighted by Gasteiger charge is 2.19. The van der Waals surface area contributed by atoms with Gasteiger partial charge in [0.15, 0.2) is 18.1 Å². The summed E-state index contributed by atoms with van der Waals surface area (Å²) in [5.74, 6) is -1.19. The summed E-state index contributed by atoms with van der Waals surface area (Å²) in [5, 5.41) is 11.1. The molecule has 0 fully saturated rings. The number of amides is 1. The number of Topliss-reactive ketones (excluding diaryl/α,β-unsaturated/α-hetero) is 1. The van der Waals surface area contributed by atoms with Gasteiger partial charge in [0.25, 0.3) is 0 Å². The molecular weight excluding hydrogens is 372 g/mol. The molecule has 0 atom stereocenters. The summed E-state index contributed by atoms with van der Waals surface area (Å²) in [4.78, 5) is 37.3. The minimum Gasteiger partial charge on any atom is -0.452 e. The van der Waals surface area contributed by atoms with Crippen LogP contribution >= 0.6 is 0 Å². The Hall–Kier alpha value is -3.81. The zero-order valence-electron chi connectivity index (χ0n) is 16.1. The van der Waals surface area contributed by atoms with Crippen LogP contribution in [0.1, 0.15) is 39.9 Å². The topological polar surface area (TPSA) is 103 Å². The number of ketones is 1. The molecule has 1 heterocycles. The van der Waals surface area contributed by atoms with Gasteiger partial charge in [-0.25, -0.2) is 4.79 Å². The van der Waals surface area contributed by atoms with Gasteiger partial charge in [0.05, 0.1) is 11.4 Å². The summed E-state index contributed by atoms with van der Waals surface area (Å²) < 4.78 is 5.11. The maximum absolute atomic E-state index is 12.3. The number of rotatable bonds is 7. The lowest BCUT2D eigenvalue weighted by atomic mass is 10.1. The smallest absolute Gasteiger partial charge is 0.361 e. The first-order chi connectivity index (χ1) is 14.0. The fraction of sp³-hybridized carbons (Fsp3) is 0.190. The summed E-state index contributed by atoms with van der Waals surface area (Å²) in [6.07, 6.45) is 0.366. The predicted octanol–water partition coefficient (Wildman–Crippen LogP) is 2.96. The van der Waals surface area contributed by atoms with E-state index in [9.17, 15) is 14.4 Å². The second-order valence-corrected chi connectivity index (χ2v) is 6.24. The van der Waals surface area contributed by atoms with E-state index in [0.717, 1.165) is 0 Å². The van der Waals surface area contributed by atoms with Crippen LogP contribution < -0.4 is 5.32 Å². The van der Waals surface area contributed by atoms with E-state index in [0.29, 0.717) is 29.1 Å². The number of hydrogen-bond acceptors (Lipinski definition) is 6. The van der Waals surface area contributed by atoms with Crippen molar-refractivity contribution in [1.29, 1.82) is 0 Å². The van der Waals surface area contributed by atoms with Crippen molar-refractivity contribution in [2.24, 2.45) is 0 Å². The second-order valence-electron chi connectivity index (χ2n) is 6.24. The van der Waals surface area contributed by atoms with E-state index in [1.54, 1.807) is 38.1 Å². The van der Waals surface area contributed by atoms with Crippen LogP contribution in [0, 0.1) is 6.92 Å². The van der Waals surface area contributed by atoms with E-state index in [2.05, 4.69) is 15.5 Å². The summed E-state index contributed by atoms with van der Waals surface area (Å²) >= 11 is 0. The molecule has 1 aromatic heterocycles. The molecule has 1 N–H and O–H groups in total. The Bertz CT molecular complexity index is 1030. The molecule has 2 aromatic carbocycles. The molecule has 3 rings (SSSR count). The normalized spacial score (nSPS) is 10.4. The zero-order chi connectivity index (χ0) is 20.8. The number of aromatic nitrogens is 3. The molecule has 148 valence electrons. The van der Waals surface area contributed by atoms with Crippen molar-refractivity contribution in [1.82, 2.24) is 15.0 Å². The van der Waals surface area contributed by atoms with Crippen molar-refractivity contribution in [2.45, 2.75) is 20.3 Å². The van der Waals surface area contributed by atoms with Gasteiger partial charge in [-0.05, 0) is 43.3 Å². The Morgan fingerprint density at radius 1 is 1.00 bits per heavy atom. The Kier molecular flexibility index (Phi) is 6.13. The monoisotopic (exact) mass is 392 g/mol. The Balaban J connectivity index is 1.61. The number of anilines is 1. The van der Waals surface area contributed by atoms with Crippen LogP contribution in [-0.2, 0) is 9.53 Å². The molecule has 0 saturated heterocycles. The molecule has 0 unspecified atom stereocenters. The first kappa shape index (κ1) is 19.9. The number of carbonyl (C=O) groups is 3. The molecule has 0 aliphatic rings. The van der Waals surface area contributed by atoms with Crippen molar-refractivity contribution in [3.63, 3.8) is 0 Å². The maximum atomic E-state index is 12.3. The highest BCUT2D eigenvalue weighted by molar-refractivity contribution is 5.99. The second kappa shape index (κ2) is 8.92. The quantitative estimate of drug-likeness (QED) is 0.490. The summed E-state index contributed by atoms with van der Waals surface area (Å²) in [6.45, 7) is 2.98. The number of hydrogen-bond donors (Lipinski definition) is 1. The molecule has 29 heavy (non-hydrogen) atoms. The van der Waals surface area contributed by atoms with Gasteiger partial charge in [0.2, 0.25) is 5.91 Å². The average molecular weight is 392 g/mol. The van der Waals surface area contributed by atoms with Crippen molar-refractivity contribution < 1.29 is 19.1 Å². The van der Waals surface area contributed by atoms with Crippen LogP contribution in [0.25, 0.3) is 5.69 Å². The molecular formula is C21H20N4O4. The number of ether oxygens (including phenoxy) is 1. The van der Waals surface area contributed by atoms with Crippen molar-refractivity contribution >= 4 is 23.3 Å². The minimum absolute atomic E-state index is 0.0549. The SMILES string of the molecule is CCC(=O)Nc1ccc(C(=O)COC(=O)c2nn(-c3ccccc3)nc2C)cc1. The third kappa shape index (κ3) is 4.92. The number of para-hydroxylation sites is 1. The number of esters is 1. The Morgan fingerprint density at radius 3 is 2.34 bits per heavy atom. The Labute approximate surface area is 167 Å². The highest BCUT2D eigenvalue weighted by Crippen LogP contribution is 2.12. The molecule has 0 saturated carbocycles. The van der Waals surface area contributed by atoms with Gasteiger partial charge in [-0.1, -0.05) is 25.1 Å². The zero-order valence-corrected chi connectivity index (χ0v) is 16.1. The number of benzene rings is 2. The number of carbonyl (C=O) groups excluding carboxylic acids is 3. The van der Waals surface area contributed by atoms with E-state index in [-0.39, 0.29) is 17.4 Å². The van der Waals surface area contributed by atoms with Crippen LogP contribution in [0.2, 0.25) is 0 Å². The summed E-state index contributed by atoms with van der Waals surface area (Å²) in [6, 6.07) is 15.5. The number of nitrogens with zero attached hydrogens (tertiary/aromatic N) is 3. The van der Waals surface area contributed by atoms with E-state index < -0.39 is 12.6 Å². The van der Waals surface area contributed by atoms with Crippen LogP contribution in [0.3, 0.4) is 0 Å². The van der Waals surface area contributed by atoms with Crippen LogP contribution in [0.15, 0.2) is 54.6 Å². The van der Waals surface area contributed by atoms with E-state index >= 15 is 0 Å². The third-order valence-corrected chi connectivity index (χ3v) is 4.11. The summed E-state index contributed by atoms with van der Waals surface area (Å²) in [5.41, 5.74) is 2.14. The molecule has 0 radical (unpaired) electrons. The van der Waals surface area contributed by atoms with Gasteiger partial charge in [-0.15, -0.1) is 5.10 Å². The van der Waals surface area contributed by atoms with Gasteiger partial charge >= 0.3 is 5.97 Å². The molecule has 8 heteroatoms. The molecule has 8 nitrogen and oxygen atoms in total. The van der Waals surface area contributed by atoms with Crippen molar-refractivity contribution in [2.75, 3.05) is 11.9 Å². The molecule has 0 aliphatic carbocycles. The minimum atomic E-state index is -0.718. The fourth-order valence-corrected chi connectivity index (χ4v) is 2.52. The van der Waals surface area contributed by atoms with Crippen molar-refractivity contribution in [3.8, 4) is 5.69 Å². The molecule has 0 bridgehead atoms. The van der Waals surface area contributed by atoms with Crippen LogP contribution in [-0.4, -0.2) is 39.3 Å². The van der Waals surface area contributed by atoms with Crippen LogP contribution in [0.5, 0.6) is 0 Å². The lowest BCUT2D eigenvalue weighted by Gasteiger charge is -2.06. The first-order valence-corrected chi connectivity index (χ1v) is 9.07. The summed E-state index contributed by atoms with van der Waals surface area (Å²) in [7, 11) is 0. The van der Waals surface area contributed by atoms with Crippen LogP contribution in [0.4, 0.5) is 5.69 Å². The largest absolute Gasteiger partial charge is 0.452 e. The van der Waals surface area contributed by atoms with Crippen molar-refractivity contribution in [3.05, 3.63) is 71.5 Å². The average Bonchev–Trinajstić information content (AvgIpc) is 3.14. The third-order valence-electron chi connectivity index (χ3n) is 4.11.